The first-order valence-electron chi connectivity index (χ1n) is 12.3. The molecule has 0 atom stereocenters. The predicted octanol–water partition coefficient (Wildman–Crippen LogP) is 4.72. The van der Waals surface area contributed by atoms with Gasteiger partial charge in [0, 0.05) is 73.2 Å². The molecule has 0 unspecified atom stereocenters. The van der Waals surface area contributed by atoms with Crippen LogP contribution in [0.25, 0.3) is 22.0 Å². The van der Waals surface area contributed by atoms with Gasteiger partial charge in [-0.3, -0.25) is 9.88 Å². The predicted molar refractivity (Wildman–Crippen MR) is 130 cm³/mol. The quantitative estimate of drug-likeness (QED) is 0.635. The zero-order chi connectivity index (χ0) is 21.3. The van der Waals surface area contributed by atoms with E-state index in [4.69, 9.17) is 4.98 Å². The van der Waals surface area contributed by atoms with Gasteiger partial charge < -0.3 is 10.2 Å². The van der Waals surface area contributed by atoms with Crippen LogP contribution in [0.3, 0.4) is 0 Å². The van der Waals surface area contributed by atoms with Gasteiger partial charge in [-0.1, -0.05) is 19.3 Å². The van der Waals surface area contributed by atoms with Crippen LogP contribution in [-0.2, 0) is 0 Å². The Morgan fingerprint density at radius 1 is 0.875 bits per heavy atom. The van der Waals surface area contributed by atoms with Gasteiger partial charge in [0.05, 0.1) is 5.69 Å². The van der Waals surface area contributed by atoms with Crippen LogP contribution in [0.5, 0.6) is 0 Å². The Balaban J connectivity index is 1.30. The summed E-state index contributed by atoms with van der Waals surface area (Å²) in [7, 11) is 0. The van der Waals surface area contributed by atoms with Crippen molar-refractivity contribution in [1.29, 1.82) is 0 Å². The van der Waals surface area contributed by atoms with E-state index in [1.807, 2.05) is 18.6 Å². The summed E-state index contributed by atoms with van der Waals surface area (Å²) in [6.45, 7) is 4.34. The summed E-state index contributed by atoms with van der Waals surface area (Å²) in [5.41, 5.74) is 2.11. The monoisotopic (exact) mass is 428 g/mol. The van der Waals surface area contributed by atoms with Crippen molar-refractivity contribution in [2.45, 2.75) is 57.0 Å². The van der Waals surface area contributed by atoms with E-state index in [2.05, 4.69) is 49.4 Å². The van der Waals surface area contributed by atoms with E-state index in [1.54, 1.807) is 0 Å². The van der Waals surface area contributed by atoms with E-state index in [1.165, 1.54) is 50.3 Å². The normalized spacial score (nSPS) is 20.6. The lowest BCUT2D eigenvalue weighted by Gasteiger charge is -2.36. The van der Waals surface area contributed by atoms with E-state index in [-0.39, 0.29) is 0 Å². The van der Waals surface area contributed by atoms with Crippen LogP contribution in [0.4, 0.5) is 11.6 Å². The minimum atomic E-state index is 0.540. The van der Waals surface area contributed by atoms with Crippen LogP contribution < -0.4 is 10.2 Å². The minimum absolute atomic E-state index is 0.540. The maximum atomic E-state index is 5.19. The topological polar surface area (TPSA) is 57.2 Å². The Labute approximate surface area is 190 Å². The Morgan fingerprint density at radius 3 is 2.53 bits per heavy atom. The summed E-state index contributed by atoms with van der Waals surface area (Å²) in [6.07, 6.45) is 15.0. The van der Waals surface area contributed by atoms with E-state index >= 15 is 0 Å². The molecule has 0 radical (unpaired) electrons. The second-order valence-electron chi connectivity index (χ2n) is 9.59. The smallest absolute Gasteiger partial charge is 0.137 e. The largest absolute Gasteiger partial charge is 0.367 e. The maximum Gasteiger partial charge on any atom is 0.137 e. The number of nitrogens with zero attached hydrogens (tertiary/aromatic N) is 5. The van der Waals surface area contributed by atoms with Crippen molar-refractivity contribution in [2.24, 2.45) is 0 Å². The van der Waals surface area contributed by atoms with Gasteiger partial charge in [-0.25, -0.2) is 9.97 Å². The second-order valence-corrected chi connectivity index (χ2v) is 9.59. The SMILES string of the molecule is c1cc2c(N3CCN(C4CC4)CC3)nc(-c3ccnc(NC4CCCCC4)c3)cc2cn1. The molecule has 6 heteroatoms. The van der Waals surface area contributed by atoms with E-state index < -0.39 is 0 Å². The number of fused-ring (bicyclic) bond motifs is 1. The third-order valence-electron chi connectivity index (χ3n) is 7.30. The van der Waals surface area contributed by atoms with Crippen molar-refractivity contribution < 1.29 is 0 Å². The molecule has 3 aromatic rings. The fourth-order valence-electron chi connectivity index (χ4n) is 5.33. The van der Waals surface area contributed by atoms with Gasteiger partial charge >= 0.3 is 0 Å². The van der Waals surface area contributed by atoms with Crippen LogP contribution in [0, 0.1) is 0 Å². The first kappa shape index (κ1) is 19.9. The third-order valence-corrected chi connectivity index (χ3v) is 7.30. The highest BCUT2D eigenvalue weighted by atomic mass is 15.3. The van der Waals surface area contributed by atoms with Gasteiger partial charge in [0.1, 0.15) is 11.6 Å². The summed E-state index contributed by atoms with van der Waals surface area (Å²) in [6, 6.07) is 9.89. The molecule has 0 bridgehead atoms. The molecular weight excluding hydrogens is 396 g/mol. The number of rotatable bonds is 5. The molecular formula is C26H32N6. The van der Waals surface area contributed by atoms with Crippen molar-refractivity contribution in [3.05, 3.63) is 42.9 Å². The summed E-state index contributed by atoms with van der Waals surface area (Å²) < 4.78 is 0. The molecule has 0 amide bonds. The third kappa shape index (κ3) is 4.16. The highest BCUT2D eigenvalue weighted by Crippen LogP contribution is 2.33. The summed E-state index contributed by atoms with van der Waals surface area (Å²) >= 11 is 0. The molecule has 166 valence electrons. The van der Waals surface area contributed by atoms with E-state index in [0.717, 1.165) is 60.5 Å². The lowest BCUT2D eigenvalue weighted by atomic mass is 9.95. The van der Waals surface area contributed by atoms with Crippen molar-refractivity contribution in [3.63, 3.8) is 0 Å². The first-order chi connectivity index (χ1) is 15.8. The number of hydrogen-bond donors (Lipinski definition) is 1. The molecule has 6 nitrogen and oxygen atoms in total. The number of nitrogens with one attached hydrogen (secondary N) is 1. The van der Waals surface area contributed by atoms with Gasteiger partial charge in [-0.15, -0.1) is 0 Å². The average molecular weight is 429 g/mol. The van der Waals surface area contributed by atoms with Gasteiger partial charge in [-0.05, 0) is 49.9 Å². The van der Waals surface area contributed by atoms with E-state index in [9.17, 15) is 0 Å². The minimum Gasteiger partial charge on any atom is -0.367 e. The summed E-state index contributed by atoms with van der Waals surface area (Å²) in [4.78, 5) is 19.3. The number of pyridine rings is 3. The molecule has 2 saturated carbocycles. The van der Waals surface area contributed by atoms with Gasteiger partial charge in [-0.2, -0.15) is 0 Å². The molecule has 32 heavy (non-hydrogen) atoms. The van der Waals surface area contributed by atoms with Crippen LogP contribution in [-0.4, -0.2) is 58.1 Å². The molecule has 0 spiro atoms. The van der Waals surface area contributed by atoms with Crippen molar-refractivity contribution in [1.82, 2.24) is 19.9 Å². The van der Waals surface area contributed by atoms with Gasteiger partial charge in [0.25, 0.3) is 0 Å². The molecule has 4 heterocycles. The number of hydrogen-bond acceptors (Lipinski definition) is 6. The molecule has 1 aliphatic heterocycles. The van der Waals surface area contributed by atoms with Crippen LogP contribution in [0.15, 0.2) is 42.9 Å². The lowest BCUT2D eigenvalue weighted by molar-refractivity contribution is 0.248. The van der Waals surface area contributed by atoms with Crippen LogP contribution in [0.1, 0.15) is 44.9 Å². The Hall–Kier alpha value is -2.73. The van der Waals surface area contributed by atoms with Crippen molar-refractivity contribution >= 4 is 22.4 Å². The Morgan fingerprint density at radius 2 is 1.72 bits per heavy atom. The summed E-state index contributed by atoms with van der Waals surface area (Å²) in [5.74, 6) is 2.05. The van der Waals surface area contributed by atoms with Crippen molar-refractivity contribution in [2.75, 3.05) is 36.4 Å². The molecule has 0 aromatic carbocycles. The van der Waals surface area contributed by atoms with Gasteiger partial charge in [0.15, 0.2) is 0 Å². The van der Waals surface area contributed by atoms with Gasteiger partial charge in [0.2, 0.25) is 0 Å². The number of anilines is 2. The molecule has 3 aromatic heterocycles. The average Bonchev–Trinajstić information content (AvgIpc) is 3.70. The molecule has 1 N–H and O–H groups in total. The molecule has 3 aliphatic rings. The maximum absolute atomic E-state index is 5.19. The van der Waals surface area contributed by atoms with Crippen LogP contribution in [0.2, 0.25) is 0 Å². The zero-order valence-corrected chi connectivity index (χ0v) is 18.7. The molecule has 2 aliphatic carbocycles. The molecule has 3 fully saturated rings. The second kappa shape index (κ2) is 8.66. The lowest BCUT2D eigenvalue weighted by Crippen LogP contribution is -2.47. The Kier molecular flexibility index (Phi) is 5.39. The standard InChI is InChI=1S/C26H32N6/c1-2-4-21(5-3-1)29-25-17-19(8-11-28-25)24-16-20-18-27-10-9-23(20)26(30-24)32-14-12-31(13-15-32)22-6-7-22/h8-11,16-18,21-22H,1-7,12-15H2,(H,28,29). The zero-order valence-electron chi connectivity index (χ0n) is 18.7. The summed E-state index contributed by atoms with van der Waals surface area (Å²) in [5, 5.41) is 6.00. The first-order valence-corrected chi connectivity index (χ1v) is 12.3. The molecule has 1 saturated heterocycles. The Bertz CT molecular complexity index is 1080. The fraction of sp³-hybridized carbons (Fsp3) is 0.500. The fourth-order valence-corrected chi connectivity index (χ4v) is 5.33. The highest BCUT2D eigenvalue weighted by Gasteiger charge is 2.31. The van der Waals surface area contributed by atoms with E-state index in [0.29, 0.717) is 6.04 Å². The van der Waals surface area contributed by atoms with Crippen molar-refractivity contribution in [3.8, 4) is 11.3 Å². The highest BCUT2D eigenvalue weighted by molar-refractivity contribution is 5.94. The molecule has 6 rings (SSSR count). The number of piperazine rings is 1. The number of aromatic nitrogens is 3. The van der Waals surface area contributed by atoms with Crippen LogP contribution >= 0.6 is 0 Å².